The van der Waals surface area contributed by atoms with E-state index >= 15 is 0 Å². The van der Waals surface area contributed by atoms with Crippen molar-refractivity contribution in [3.63, 3.8) is 0 Å². The summed E-state index contributed by atoms with van der Waals surface area (Å²) in [6, 6.07) is 0. The molecule has 0 aliphatic carbocycles. The third kappa shape index (κ3) is 8.81. The van der Waals surface area contributed by atoms with Gasteiger partial charge in [-0.1, -0.05) is 18.7 Å². The van der Waals surface area contributed by atoms with E-state index in [9.17, 15) is 4.79 Å². The van der Waals surface area contributed by atoms with Crippen LogP contribution in [0.4, 0.5) is 0 Å². The zero-order chi connectivity index (χ0) is 9.40. The first-order valence-corrected chi connectivity index (χ1v) is 7.33. The first-order chi connectivity index (χ1) is 5.66. The van der Waals surface area contributed by atoms with E-state index in [2.05, 4.69) is 13.2 Å². The normalized spacial score (nSPS) is 12.9. The molecule has 0 aromatic heterocycles. The molecule has 0 aliphatic rings. The highest BCUT2D eigenvalue weighted by atomic mass is 32.2. The van der Waals surface area contributed by atoms with Gasteiger partial charge in [0.25, 0.3) is 0 Å². The Morgan fingerprint density at radius 1 is 1.42 bits per heavy atom. The van der Waals surface area contributed by atoms with Gasteiger partial charge in [0, 0.05) is 29.4 Å². The number of thioether (sulfide) groups is 3. The summed E-state index contributed by atoms with van der Waals surface area (Å²) in [5.41, 5.74) is 0. The molecule has 0 aromatic rings. The SMILES string of the molecule is CSCC(C)SCCSC(C)=O. The van der Waals surface area contributed by atoms with Gasteiger partial charge in [0.2, 0.25) is 0 Å². The van der Waals surface area contributed by atoms with Crippen LogP contribution in [0.15, 0.2) is 0 Å². The summed E-state index contributed by atoms with van der Waals surface area (Å²) < 4.78 is 0. The maximum Gasteiger partial charge on any atom is 0.185 e. The average molecular weight is 224 g/mol. The van der Waals surface area contributed by atoms with Crippen LogP contribution in [0.25, 0.3) is 0 Å². The van der Waals surface area contributed by atoms with Crippen LogP contribution in [0.5, 0.6) is 0 Å². The molecule has 0 aliphatic heterocycles. The fraction of sp³-hybridized carbons (Fsp3) is 0.875. The summed E-state index contributed by atoms with van der Waals surface area (Å²) in [5, 5.41) is 0.945. The van der Waals surface area contributed by atoms with Crippen LogP contribution in [0.2, 0.25) is 0 Å². The van der Waals surface area contributed by atoms with Gasteiger partial charge in [-0.2, -0.15) is 23.5 Å². The van der Waals surface area contributed by atoms with Gasteiger partial charge in [-0.15, -0.1) is 0 Å². The minimum Gasteiger partial charge on any atom is -0.288 e. The predicted molar refractivity (Wildman–Crippen MR) is 63.4 cm³/mol. The summed E-state index contributed by atoms with van der Waals surface area (Å²) in [7, 11) is 0. The van der Waals surface area contributed by atoms with E-state index in [1.165, 1.54) is 17.5 Å². The lowest BCUT2D eigenvalue weighted by atomic mass is 10.6. The first-order valence-electron chi connectivity index (χ1n) is 3.90. The van der Waals surface area contributed by atoms with Gasteiger partial charge in [0.05, 0.1) is 0 Å². The lowest BCUT2D eigenvalue weighted by Gasteiger charge is -2.07. The quantitative estimate of drug-likeness (QED) is 0.645. The molecule has 1 unspecified atom stereocenters. The van der Waals surface area contributed by atoms with Crippen molar-refractivity contribution in [3.8, 4) is 0 Å². The van der Waals surface area contributed by atoms with Gasteiger partial charge in [-0.05, 0) is 6.26 Å². The Labute approximate surface area is 87.8 Å². The van der Waals surface area contributed by atoms with Gasteiger partial charge >= 0.3 is 0 Å². The summed E-state index contributed by atoms with van der Waals surface area (Å²) in [5.74, 6) is 3.25. The number of rotatable bonds is 6. The summed E-state index contributed by atoms with van der Waals surface area (Å²) in [6.07, 6.45) is 2.13. The first kappa shape index (κ1) is 12.7. The van der Waals surface area contributed by atoms with Crippen molar-refractivity contribution < 1.29 is 4.79 Å². The molecular weight excluding hydrogens is 208 g/mol. The number of hydrogen-bond acceptors (Lipinski definition) is 4. The van der Waals surface area contributed by atoms with E-state index in [-0.39, 0.29) is 5.12 Å². The minimum atomic E-state index is 0.230. The smallest absolute Gasteiger partial charge is 0.185 e. The monoisotopic (exact) mass is 224 g/mol. The molecule has 4 heteroatoms. The van der Waals surface area contributed by atoms with Crippen LogP contribution in [-0.2, 0) is 4.79 Å². The van der Waals surface area contributed by atoms with E-state index in [0.29, 0.717) is 5.25 Å². The van der Waals surface area contributed by atoms with Crippen LogP contribution in [0.1, 0.15) is 13.8 Å². The van der Waals surface area contributed by atoms with Gasteiger partial charge < -0.3 is 0 Å². The molecule has 0 fully saturated rings. The highest BCUT2D eigenvalue weighted by molar-refractivity contribution is 8.14. The zero-order valence-corrected chi connectivity index (χ0v) is 10.3. The maximum atomic E-state index is 10.6. The molecule has 1 atom stereocenters. The Balaban J connectivity index is 3.13. The molecule has 0 heterocycles. The maximum absolute atomic E-state index is 10.6. The standard InChI is InChI=1S/C8H16OS3/c1-7(6-10-3)11-4-5-12-8(2)9/h7H,4-6H2,1-3H3. The Morgan fingerprint density at radius 3 is 2.58 bits per heavy atom. The molecule has 0 aromatic carbocycles. The van der Waals surface area contributed by atoms with Crippen LogP contribution >= 0.6 is 35.3 Å². The van der Waals surface area contributed by atoms with Gasteiger partial charge in [0.15, 0.2) is 5.12 Å². The molecule has 0 radical (unpaired) electrons. The van der Waals surface area contributed by atoms with Crippen LogP contribution in [-0.4, -0.2) is 33.9 Å². The second-order valence-electron chi connectivity index (χ2n) is 2.48. The Kier molecular flexibility index (Phi) is 8.82. The fourth-order valence-electron chi connectivity index (χ4n) is 0.718. The highest BCUT2D eigenvalue weighted by Crippen LogP contribution is 2.16. The third-order valence-corrected chi connectivity index (χ3v) is 4.49. The second kappa shape index (κ2) is 8.32. The molecule has 0 saturated heterocycles. The zero-order valence-electron chi connectivity index (χ0n) is 7.83. The van der Waals surface area contributed by atoms with Crippen molar-refractivity contribution in [1.29, 1.82) is 0 Å². The highest BCUT2D eigenvalue weighted by Gasteiger charge is 2.01. The molecule has 0 spiro atoms. The van der Waals surface area contributed by atoms with Crippen molar-refractivity contribution in [3.05, 3.63) is 0 Å². The molecule has 0 saturated carbocycles. The van der Waals surface area contributed by atoms with Crippen molar-refractivity contribution >= 4 is 40.4 Å². The molecule has 0 bridgehead atoms. The van der Waals surface area contributed by atoms with Gasteiger partial charge in [-0.25, -0.2) is 0 Å². The Morgan fingerprint density at radius 2 is 2.08 bits per heavy atom. The van der Waals surface area contributed by atoms with E-state index in [1.807, 2.05) is 23.5 Å². The Bertz CT molecular complexity index is 127. The minimum absolute atomic E-state index is 0.230. The Hall–Kier alpha value is 0.720. The van der Waals surface area contributed by atoms with E-state index in [1.54, 1.807) is 6.92 Å². The average Bonchev–Trinajstić information content (AvgIpc) is 1.98. The summed E-state index contributed by atoms with van der Waals surface area (Å²) in [6.45, 7) is 3.86. The van der Waals surface area contributed by atoms with Crippen molar-refractivity contribution in [2.75, 3.05) is 23.5 Å². The molecule has 12 heavy (non-hydrogen) atoms. The third-order valence-electron chi connectivity index (χ3n) is 1.19. The van der Waals surface area contributed by atoms with Gasteiger partial charge in [-0.3, -0.25) is 4.79 Å². The van der Waals surface area contributed by atoms with Gasteiger partial charge in [0.1, 0.15) is 0 Å². The number of carbonyl (C=O) groups excluding carboxylic acids is 1. The number of carbonyl (C=O) groups is 1. The molecule has 1 nitrogen and oxygen atoms in total. The summed E-state index contributed by atoms with van der Waals surface area (Å²) in [4.78, 5) is 10.6. The van der Waals surface area contributed by atoms with E-state index in [0.717, 1.165) is 11.5 Å². The topological polar surface area (TPSA) is 17.1 Å². The van der Waals surface area contributed by atoms with Crippen LogP contribution < -0.4 is 0 Å². The molecule has 0 N–H and O–H groups in total. The van der Waals surface area contributed by atoms with Crippen LogP contribution in [0.3, 0.4) is 0 Å². The molecule has 0 amide bonds. The molecule has 72 valence electrons. The van der Waals surface area contributed by atoms with Crippen molar-refractivity contribution in [2.45, 2.75) is 19.1 Å². The van der Waals surface area contributed by atoms with Crippen LogP contribution in [0, 0.1) is 0 Å². The van der Waals surface area contributed by atoms with E-state index < -0.39 is 0 Å². The fourth-order valence-corrected chi connectivity index (χ4v) is 3.39. The number of hydrogen-bond donors (Lipinski definition) is 0. The lowest BCUT2D eigenvalue weighted by Crippen LogP contribution is -2.02. The molecular formula is C8H16OS3. The predicted octanol–water partition coefficient (Wildman–Crippen LogP) is 2.75. The van der Waals surface area contributed by atoms with E-state index in [4.69, 9.17) is 0 Å². The summed E-state index contributed by atoms with van der Waals surface area (Å²) >= 11 is 5.25. The molecule has 0 rings (SSSR count). The largest absolute Gasteiger partial charge is 0.288 e. The second-order valence-corrected chi connectivity index (χ2v) is 6.21. The van der Waals surface area contributed by atoms with Crippen molar-refractivity contribution in [1.82, 2.24) is 0 Å². The van der Waals surface area contributed by atoms with Crippen molar-refractivity contribution in [2.24, 2.45) is 0 Å². The lowest BCUT2D eigenvalue weighted by molar-refractivity contribution is -0.109.